The molecule has 3 amide bonds. The van der Waals surface area contributed by atoms with Crippen molar-refractivity contribution in [3.8, 4) is 17.1 Å². The number of benzodiazepines with no additional fused rings is 1. The van der Waals surface area contributed by atoms with Crippen LogP contribution < -0.4 is 20.3 Å². The number of anilines is 2. The van der Waals surface area contributed by atoms with E-state index in [1.807, 2.05) is 0 Å². The van der Waals surface area contributed by atoms with Crippen LogP contribution in [0.25, 0.3) is 11.4 Å². The minimum atomic E-state index is -1.62. The normalized spacial score (nSPS) is 13.9. The van der Waals surface area contributed by atoms with Crippen LogP contribution in [0.15, 0.2) is 96.0 Å². The fraction of sp³-hybridized carbons (Fsp3) is 0.118. The number of carboxylic acids is 1. The molecule has 0 saturated carbocycles. The highest BCUT2D eigenvalue weighted by molar-refractivity contribution is 6.22. The Morgan fingerprint density at radius 2 is 1.73 bits per heavy atom. The monoisotopic (exact) mass is 662 g/mol. The number of rotatable bonds is 10. The Morgan fingerprint density at radius 3 is 2.51 bits per heavy atom. The predicted molar refractivity (Wildman–Crippen MR) is 175 cm³/mol. The Bertz CT molecular complexity index is 2100. The second kappa shape index (κ2) is 13.9. The minimum Gasteiger partial charge on any atom is -0.481 e. The number of aryl methyl sites for hydroxylation is 1. The Morgan fingerprint density at radius 1 is 0.980 bits per heavy atom. The second-order valence-corrected chi connectivity index (χ2v) is 10.8. The lowest BCUT2D eigenvalue weighted by atomic mass is 9.97. The number of nitrogens with one attached hydrogen (secondary N) is 3. The van der Waals surface area contributed by atoms with Crippen LogP contribution in [-0.2, 0) is 9.59 Å². The molecule has 2 heterocycles. The summed E-state index contributed by atoms with van der Waals surface area (Å²) in [6.45, 7) is 0.494. The topological polar surface area (TPSA) is 192 Å². The summed E-state index contributed by atoms with van der Waals surface area (Å²) < 4.78 is 20.7. The van der Waals surface area contributed by atoms with Crippen molar-refractivity contribution in [3.63, 3.8) is 0 Å². The van der Waals surface area contributed by atoms with E-state index >= 15 is 4.39 Å². The molecule has 246 valence electrons. The average molecular weight is 663 g/mol. The van der Waals surface area contributed by atoms with Gasteiger partial charge in [0.05, 0.1) is 23.5 Å². The molecule has 0 bridgehead atoms. The number of carbonyl (C=O) groups is 4. The molecule has 14 nitrogen and oxygen atoms in total. The first kappa shape index (κ1) is 32.2. The maximum absolute atomic E-state index is 15.3. The van der Waals surface area contributed by atoms with E-state index in [4.69, 9.17) is 9.84 Å². The fourth-order valence-corrected chi connectivity index (χ4v) is 5.34. The van der Waals surface area contributed by atoms with Gasteiger partial charge < -0.3 is 25.4 Å². The van der Waals surface area contributed by atoms with Crippen molar-refractivity contribution in [2.75, 3.05) is 23.4 Å². The SMILES string of the molecule is Cc1cccc2c1N(CC(=O)c1ccccc1OCC(=O)O)C(=O)C(NC(=O)Nc1cccc(-c3nn[nH]n3)c1)N=C2c1ccccc1F. The highest BCUT2D eigenvalue weighted by atomic mass is 19.1. The number of carbonyl (C=O) groups excluding carboxylic acids is 3. The number of H-pyrrole nitrogens is 1. The van der Waals surface area contributed by atoms with Crippen LogP contribution in [0.5, 0.6) is 5.75 Å². The molecule has 0 radical (unpaired) electrons. The van der Waals surface area contributed by atoms with Crippen LogP contribution in [-0.4, -0.2) is 74.5 Å². The van der Waals surface area contributed by atoms with Gasteiger partial charge in [-0.2, -0.15) is 5.21 Å². The van der Waals surface area contributed by atoms with E-state index in [0.717, 1.165) is 0 Å². The van der Waals surface area contributed by atoms with Crippen LogP contribution in [0, 0.1) is 12.7 Å². The number of aliphatic carboxylic acids is 1. The number of urea groups is 1. The first-order valence-corrected chi connectivity index (χ1v) is 14.8. The van der Waals surface area contributed by atoms with Gasteiger partial charge >= 0.3 is 12.0 Å². The van der Waals surface area contributed by atoms with E-state index in [-0.39, 0.29) is 28.3 Å². The van der Waals surface area contributed by atoms with Gasteiger partial charge in [-0.1, -0.05) is 54.6 Å². The third-order valence-electron chi connectivity index (χ3n) is 7.48. The lowest BCUT2D eigenvalue weighted by molar-refractivity contribution is -0.139. The molecule has 4 aromatic carbocycles. The van der Waals surface area contributed by atoms with Crippen molar-refractivity contribution < 1.29 is 33.4 Å². The largest absolute Gasteiger partial charge is 0.481 e. The van der Waals surface area contributed by atoms with Crippen molar-refractivity contribution in [2.45, 2.75) is 13.1 Å². The van der Waals surface area contributed by atoms with E-state index in [1.165, 1.54) is 35.2 Å². The van der Waals surface area contributed by atoms with Crippen molar-refractivity contribution in [2.24, 2.45) is 4.99 Å². The zero-order valence-corrected chi connectivity index (χ0v) is 25.8. The first-order valence-electron chi connectivity index (χ1n) is 14.8. The van der Waals surface area contributed by atoms with Crippen LogP contribution in [0.3, 0.4) is 0 Å². The summed E-state index contributed by atoms with van der Waals surface area (Å²) >= 11 is 0. The molecule has 0 aliphatic carbocycles. The number of tetrazole rings is 1. The smallest absolute Gasteiger partial charge is 0.341 e. The van der Waals surface area contributed by atoms with E-state index < -0.39 is 48.8 Å². The van der Waals surface area contributed by atoms with Gasteiger partial charge in [-0.3, -0.25) is 9.59 Å². The predicted octanol–water partition coefficient (Wildman–Crippen LogP) is 3.99. The highest BCUT2D eigenvalue weighted by Crippen LogP contribution is 2.33. The molecule has 6 rings (SSSR count). The van der Waals surface area contributed by atoms with Gasteiger partial charge in [0.2, 0.25) is 12.0 Å². The number of para-hydroxylation sites is 2. The number of halogens is 1. The third-order valence-corrected chi connectivity index (χ3v) is 7.48. The molecule has 0 spiro atoms. The van der Waals surface area contributed by atoms with Crippen LogP contribution >= 0.6 is 0 Å². The fourth-order valence-electron chi connectivity index (χ4n) is 5.34. The van der Waals surface area contributed by atoms with Crippen molar-refractivity contribution in [1.29, 1.82) is 0 Å². The van der Waals surface area contributed by atoms with E-state index in [0.29, 0.717) is 28.2 Å². The van der Waals surface area contributed by atoms with Gasteiger partial charge in [0, 0.05) is 22.4 Å². The number of hydrogen-bond acceptors (Lipinski definition) is 9. The van der Waals surface area contributed by atoms with Gasteiger partial charge in [0.25, 0.3) is 5.91 Å². The highest BCUT2D eigenvalue weighted by Gasteiger charge is 2.36. The molecule has 49 heavy (non-hydrogen) atoms. The van der Waals surface area contributed by atoms with Crippen molar-refractivity contribution >= 4 is 40.8 Å². The Kier molecular flexibility index (Phi) is 9.14. The molecule has 0 saturated heterocycles. The van der Waals surface area contributed by atoms with Gasteiger partial charge in [-0.25, -0.2) is 19.0 Å². The molecule has 4 N–H and O–H groups in total. The quantitative estimate of drug-likeness (QED) is 0.160. The number of ketones is 1. The number of aromatic nitrogens is 4. The molecule has 1 aliphatic heterocycles. The van der Waals surface area contributed by atoms with Gasteiger partial charge in [-0.15, -0.1) is 10.2 Å². The zero-order valence-electron chi connectivity index (χ0n) is 25.8. The number of carboxylic acid groups (broad SMARTS) is 1. The summed E-state index contributed by atoms with van der Waals surface area (Å²) in [5.74, 6) is -2.90. The molecule has 1 atom stereocenters. The molecule has 1 aliphatic rings. The van der Waals surface area contributed by atoms with Crippen LogP contribution in [0.2, 0.25) is 0 Å². The van der Waals surface area contributed by atoms with E-state index in [1.54, 1.807) is 67.6 Å². The molecular weight excluding hydrogens is 635 g/mol. The maximum atomic E-state index is 15.3. The van der Waals surface area contributed by atoms with Gasteiger partial charge in [-0.05, 0) is 54.1 Å². The third kappa shape index (κ3) is 7.00. The van der Waals surface area contributed by atoms with Gasteiger partial charge in [0.15, 0.2) is 12.4 Å². The molecular formula is C34H27FN8O6. The summed E-state index contributed by atoms with van der Waals surface area (Å²) in [5, 5.41) is 28.1. The number of aromatic amines is 1. The van der Waals surface area contributed by atoms with Crippen molar-refractivity contribution in [3.05, 3.63) is 119 Å². The average Bonchev–Trinajstić information content (AvgIpc) is 3.61. The number of fused-ring (bicyclic) bond motifs is 1. The molecule has 5 aromatic rings. The minimum absolute atomic E-state index is 0.0163. The Balaban J connectivity index is 1.38. The summed E-state index contributed by atoms with van der Waals surface area (Å²) in [6.07, 6.45) is -1.62. The summed E-state index contributed by atoms with van der Waals surface area (Å²) in [6, 6.07) is 22.8. The van der Waals surface area contributed by atoms with Crippen LogP contribution in [0.4, 0.5) is 20.6 Å². The number of aliphatic imine (C=N–C) groups is 1. The molecule has 1 unspecified atom stereocenters. The Labute approximate surface area is 277 Å². The summed E-state index contributed by atoms with van der Waals surface area (Å²) in [5.41, 5.74) is 2.28. The van der Waals surface area contributed by atoms with E-state index in [2.05, 4.69) is 36.3 Å². The lowest BCUT2D eigenvalue weighted by Crippen LogP contribution is -2.50. The molecule has 0 fully saturated rings. The Hall–Kier alpha value is -6.77. The number of Topliss-reactive ketones (excluding diaryl/α,β-unsaturated/α-hetero) is 1. The summed E-state index contributed by atoms with van der Waals surface area (Å²) in [7, 11) is 0. The number of nitrogens with zero attached hydrogens (tertiary/aromatic N) is 5. The van der Waals surface area contributed by atoms with Gasteiger partial charge in [0.1, 0.15) is 11.6 Å². The first-order chi connectivity index (χ1) is 23.7. The summed E-state index contributed by atoms with van der Waals surface area (Å²) in [4.78, 5) is 58.5. The van der Waals surface area contributed by atoms with E-state index in [9.17, 15) is 19.2 Å². The number of ether oxygens (including phenoxy) is 1. The maximum Gasteiger partial charge on any atom is 0.341 e. The van der Waals surface area contributed by atoms with Crippen molar-refractivity contribution in [1.82, 2.24) is 25.9 Å². The number of hydrogen-bond donors (Lipinski definition) is 4. The van der Waals surface area contributed by atoms with Crippen LogP contribution in [0.1, 0.15) is 27.0 Å². The molecule has 15 heteroatoms. The number of benzene rings is 4. The second-order valence-electron chi connectivity index (χ2n) is 10.8. The molecule has 1 aromatic heterocycles. The zero-order chi connectivity index (χ0) is 34.5. The lowest BCUT2D eigenvalue weighted by Gasteiger charge is -2.26. The number of amides is 3. The standard InChI is InChI=1S/C34H27FN8O6/c1-19-8-6-13-24-29(22-11-2-4-14-25(22)35)37-32(38-34(48)36-21-10-7-9-20(16-21)31-39-41-42-40-31)33(47)43(30(19)24)17-26(44)23-12-3-5-15-27(23)49-18-28(45)46/h2-16,32H,17-18H2,1H3,(H,45,46)(H2,36,38,48)(H,39,40,41,42).